The molecule has 0 saturated heterocycles. The third kappa shape index (κ3) is 3.87. The molecule has 1 amide bonds. The van der Waals surface area contributed by atoms with Gasteiger partial charge in [-0.15, -0.1) is 11.8 Å². The smallest absolute Gasteiger partial charge is 0.255 e. The summed E-state index contributed by atoms with van der Waals surface area (Å²) < 4.78 is 0. The van der Waals surface area contributed by atoms with Gasteiger partial charge in [0.2, 0.25) is 0 Å². The van der Waals surface area contributed by atoms with Gasteiger partial charge in [-0.2, -0.15) is 5.26 Å². The fourth-order valence-electron chi connectivity index (χ4n) is 1.69. The topological polar surface area (TPSA) is 52.9 Å². The number of carbonyl (C=O) groups excluding carboxylic acids is 1. The van der Waals surface area contributed by atoms with Crippen molar-refractivity contribution < 1.29 is 4.79 Å². The molecule has 0 radical (unpaired) electrons. The van der Waals surface area contributed by atoms with Crippen molar-refractivity contribution in [3.8, 4) is 6.07 Å². The molecular formula is C16H14N2OS. The normalized spacial score (nSPS) is 9.75. The van der Waals surface area contributed by atoms with Crippen LogP contribution in [0.2, 0.25) is 0 Å². The SMILES string of the molecule is N#CCCSc1ccccc1NC(=O)c1ccccc1. The number of nitriles is 1. The molecule has 3 nitrogen and oxygen atoms in total. The van der Waals surface area contributed by atoms with Crippen LogP contribution >= 0.6 is 11.8 Å². The number of rotatable bonds is 5. The second-order valence-electron chi connectivity index (χ2n) is 4.07. The number of carbonyl (C=O) groups is 1. The number of nitrogens with one attached hydrogen (secondary N) is 1. The molecule has 0 atom stereocenters. The lowest BCUT2D eigenvalue weighted by Gasteiger charge is -2.10. The Labute approximate surface area is 122 Å². The van der Waals surface area contributed by atoms with Crippen molar-refractivity contribution in [2.24, 2.45) is 0 Å². The molecule has 2 rings (SSSR count). The van der Waals surface area contributed by atoms with Crippen LogP contribution in [0.1, 0.15) is 16.8 Å². The van der Waals surface area contributed by atoms with E-state index in [0.717, 1.165) is 10.6 Å². The van der Waals surface area contributed by atoms with Crippen LogP contribution in [0.4, 0.5) is 5.69 Å². The number of amides is 1. The van der Waals surface area contributed by atoms with Crippen LogP contribution in [0.15, 0.2) is 59.5 Å². The molecule has 0 unspecified atom stereocenters. The predicted octanol–water partition coefficient (Wildman–Crippen LogP) is 3.94. The van der Waals surface area contributed by atoms with E-state index in [1.165, 1.54) is 0 Å². The predicted molar refractivity (Wildman–Crippen MR) is 81.8 cm³/mol. The standard InChI is InChI=1S/C16H14N2OS/c17-11-6-12-20-15-10-5-4-9-14(15)18-16(19)13-7-2-1-3-8-13/h1-5,7-10H,6,12H2,(H,18,19). The third-order valence-electron chi connectivity index (χ3n) is 2.64. The summed E-state index contributed by atoms with van der Waals surface area (Å²) in [5, 5.41) is 11.5. The Morgan fingerprint density at radius 2 is 1.80 bits per heavy atom. The van der Waals surface area contributed by atoms with Crippen LogP contribution in [0.5, 0.6) is 0 Å². The van der Waals surface area contributed by atoms with E-state index >= 15 is 0 Å². The second-order valence-corrected chi connectivity index (χ2v) is 5.21. The maximum atomic E-state index is 12.1. The van der Waals surface area contributed by atoms with Crippen molar-refractivity contribution in [1.82, 2.24) is 0 Å². The van der Waals surface area contributed by atoms with E-state index in [-0.39, 0.29) is 5.91 Å². The summed E-state index contributed by atoms with van der Waals surface area (Å²) in [4.78, 5) is 13.1. The first kappa shape index (κ1) is 14.2. The zero-order valence-corrected chi connectivity index (χ0v) is 11.7. The molecule has 0 fully saturated rings. The van der Waals surface area contributed by atoms with Gasteiger partial charge in [0.1, 0.15) is 0 Å². The minimum Gasteiger partial charge on any atom is -0.321 e. The molecule has 2 aromatic carbocycles. The number of hydrogen-bond acceptors (Lipinski definition) is 3. The van der Waals surface area contributed by atoms with Gasteiger partial charge in [0.15, 0.2) is 0 Å². The first-order valence-corrected chi connectivity index (χ1v) is 7.25. The summed E-state index contributed by atoms with van der Waals surface area (Å²) >= 11 is 1.57. The van der Waals surface area contributed by atoms with E-state index < -0.39 is 0 Å². The maximum Gasteiger partial charge on any atom is 0.255 e. The summed E-state index contributed by atoms with van der Waals surface area (Å²) in [7, 11) is 0. The van der Waals surface area contributed by atoms with Gasteiger partial charge in [-0.1, -0.05) is 30.3 Å². The largest absolute Gasteiger partial charge is 0.321 e. The van der Waals surface area contributed by atoms with Crippen molar-refractivity contribution in [3.63, 3.8) is 0 Å². The Hall–Kier alpha value is -2.25. The van der Waals surface area contributed by atoms with Crippen molar-refractivity contribution in [2.75, 3.05) is 11.1 Å². The van der Waals surface area contributed by atoms with Crippen LogP contribution in [-0.4, -0.2) is 11.7 Å². The monoisotopic (exact) mass is 282 g/mol. The van der Waals surface area contributed by atoms with E-state index in [1.54, 1.807) is 23.9 Å². The first-order chi connectivity index (χ1) is 9.81. The average Bonchev–Trinajstić information content (AvgIpc) is 2.50. The van der Waals surface area contributed by atoms with E-state index in [1.807, 2.05) is 42.5 Å². The minimum absolute atomic E-state index is 0.126. The number of hydrogen-bond donors (Lipinski definition) is 1. The first-order valence-electron chi connectivity index (χ1n) is 6.26. The number of nitrogens with zero attached hydrogens (tertiary/aromatic N) is 1. The fourth-order valence-corrected chi connectivity index (χ4v) is 2.55. The summed E-state index contributed by atoms with van der Waals surface area (Å²) in [5.74, 6) is 0.591. The molecule has 100 valence electrons. The Kier molecular flexibility index (Phi) is 5.22. The molecule has 0 aromatic heterocycles. The summed E-state index contributed by atoms with van der Waals surface area (Å²) in [5.41, 5.74) is 1.41. The van der Waals surface area contributed by atoms with Gasteiger partial charge in [-0.25, -0.2) is 0 Å². The zero-order valence-electron chi connectivity index (χ0n) is 10.9. The summed E-state index contributed by atoms with van der Waals surface area (Å²) in [6.07, 6.45) is 0.492. The van der Waals surface area contributed by atoms with E-state index in [9.17, 15) is 4.79 Å². The molecule has 0 aliphatic rings. The highest BCUT2D eigenvalue weighted by Gasteiger charge is 2.08. The summed E-state index contributed by atoms with van der Waals surface area (Å²) in [6, 6.07) is 18.8. The highest BCUT2D eigenvalue weighted by molar-refractivity contribution is 7.99. The molecule has 0 aliphatic heterocycles. The Morgan fingerprint density at radius 1 is 1.10 bits per heavy atom. The van der Waals surface area contributed by atoms with Gasteiger partial charge in [-0.05, 0) is 24.3 Å². The van der Waals surface area contributed by atoms with Crippen molar-refractivity contribution >= 4 is 23.4 Å². The Morgan fingerprint density at radius 3 is 2.55 bits per heavy atom. The molecule has 0 aliphatic carbocycles. The van der Waals surface area contributed by atoms with Crippen molar-refractivity contribution in [2.45, 2.75) is 11.3 Å². The maximum absolute atomic E-state index is 12.1. The van der Waals surface area contributed by atoms with Crippen LogP contribution in [0.25, 0.3) is 0 Å². The lowest BCUT2D eigenvalue weighted by molar-refractivity contribution is 0.102. The van der Waals surface area contributed by atoms with Crippen LogP contribution in [0, 0.1) is 11.3 Å². The molecule has 0 bridgehead atoms. The minimum atomic E-state index is -0.126. The molecular weight excluding hydrogens is 268 g/mol. The van der Waals surface area contributed by atoms with Crippen molar-refractivity contribution in [3.05, 3.63) is 60.2 Å². The molecule has 4 heteroatoms. The Balaban J connectivity index is 2.09. The zero-order chi connectivity index (χ0) is 14.2. The fraction of sp³-hybridized carbons (Fsp3) is 0.125. The van der Waals surface area contributed by atoms with Gasteiger partial charge >= 0.3 is 0 Å². The lowest BCUT2D eigenvalue weighted by Crippen LogP contribution is -2.12. The van der Waals surface area contributed by atoms with Gasteiger partial charge in [0.25, 0.3) is 5.91 Å². The molecule has 0 spiro atoms. The molecule has 20 heavy (non-hydrogen) atoms. The van der Waals surface area contributed by atoms with E-state index in [0.29, 0.717) is 17.7 Å². The number of thioether (sulfide) groups is 1. The quantitative estimate of drug-likeness (QED) is 0.667. The van der Waals surface area contributed by atoms with Gasteiger partial charge in [0.05, 0.1) is 11.8 Å². The number of benzene rings is 2. The summed E-state index contributed by atoms with van der Waals surface area (Å²) in [6.45, 7) is 0. The average molecular weight is 282 g/mol. The Bertz CT molecular complexity index is 620. The van der Waals surface area contributed by atoms with Crippen LogP contribution in [-0.2, 0) is 0 Å². The van der Waals surface area contributed by atoms with Gasteiger partial charge in [-0.3, -0.25) is 4.79 Å². The van der Waals surface area contributed by atoms with Crippen LogP contribution in [0.3, 0.4) is 0 Å². The number of anilines is 1. The number of para-hydroxylation sites is 1. The molecule has 2 aromatic rings. The molecule has 0 heterocycles. The van der Waals surface area contributed by atoms with Crippen molar-refractivity contribution in [1.29, 1.82) is 5.26 Å². The van der Waals surface area contributed by atoms with Crippen LogP contribution < -0.4 is 5.32 Å². The lowest BCUT2D eigenvalue weighted by atomic mass is 10.2. The third-order valence-corrected chi connectivity index (χ3v) is 3.72. The highest BCUT2D eigenvalue weighted by Crippen LogP contribution is 2.27. The highest BCUT2D eigenvalue weighted by atomic mass is 32.2. The van der Waals surface area contributed by atoms with Gasteiger partial charge < -0.3 is 5.32 Å². The van der Waals surface area contributed by atoms with E-state index in [4.69, 9.17) is 5.26 Å². The second kappa shape index (κ2) is 7.37. The van der Waals surface area contributed by atoms with E-state index in [2.05, 4.69) is 11.4 Å². The molecule has 1 N–H and O–H groups in total. The van der Waals surface area contributed by atoms with Gasteiger partial charge in [0, 0.05) is 22.6 Å². The molecule has 0 saturated carbocycles.